The standard InChI is InChI=1S/C15H20O5.C4H8O2/c1-16-11-5-3-10(4-6-11)15-19-9-13-14(20-15)12(17-2)7-8-18-13;1-3-6-4(2)5/h3-6,12-15H,7-9H2,1-2H3;3H2,1-2H3/t12-,13-,14+,15?;/m1./s1. The molecule has 2 fully saturated rings. The molecule has 7 nitrogen and oxygen atoms in total. The molecule has 4 atom stereocenters. The lowest BCUT2D eigenvalue weighted by Crippen LogP contribution is -2.52. The van der Waals surface area contributed by atoms with Gasteiger partial charge in [-0.1, -0.05) is 12.1 Å². The van der Waals surface area contributed by atoms with E-state index in [4.69, 9.17) is 23.7 Å². The lowest BCUT2D eigenvalue weighted by molar-refractivity contribution is -0.301. The fourth-order valence-corrected chi connectivity index (χ4v) is 2.91. The van der Waals surface area contributed by atoms with E-state index < -0.39 is 0 Å². The van der Waals surface area contributed by atoms with Crippen molar-refractivity contribution in [1.29, 1.82) is 0 Å². The number of carbonyl (C=O) groups excluding carboxylic acids is 1. The third-order valence-corrected chi connectivity index (χ3v) is 4.20. The first-order chi connectivity index (χ1) is 12.6. The number of rotatable bonds is 4. The Morgan fingerprint density at radius 1 is 1.19 bits per heavy atom. The SMILES string of the molecule is CCOC(C)=O.COc1ccc(C2OC[C@H]3OCC[C@@H](OC)[C@@H]3O2)cc1. The van der Waals surface area contributed by atoms with Crippen molar-refractivity contribution in [3.8, 4) is 5.75 Å². The highest BCUT2D eigenvalue weighted by molar-refractivity contribution is 5.65. The van der Waals surface area contributed by atoms with Gasteiger partial charge in [-0.05, 0) is 25.5 Å². The first kappa shape index (κ1) is 20.6. The average Bonchev–Trinajstić information content (AvgIpc) is 2.67. The molecule has 7 heteroatoms. The molecule has 0 aliphatic carbocycles. The van der Waals surface area contributed by atoms with Crippen LogP contribution < -0.4 is 4.74 Å². The molecule has 0 N–H and O–H groups in total. The predicted octanol–water partition coefficient (Wildman–Crippen LogP) is 2.48. The molecule has 26 heavy (non-hydrogen) atoms. The summed E-state index contributed by atoms with van der Waals surface area (Å²) in [6, 6.07) is 7.71. The predicted molar refractivity (Wildman–Crippen MR) is 94.0 cm³/mol. The second kappa shape index (κ2) is 10.5. The van der Waals surface area contributed by atoms with Crippen LogP contribution in [0.25, 0.3) is 0 Å². The van der Waals surface area contributed by atoms with E-state index in [2.05, 4.69) is 4.74 Å². The molecule has 2 aliphatic heterocycles. The minimum absolute atomic E-state index is 0.0387. The average molecular weight is 368 g/mol. The summed E-state index contributed by atoms with van der Waals surface area (Å²) in [5.41, 5.74) is 0.977. The van der Waals surface area contributed by atoms with Crippen LogP contribution in [-0.4, -0.2) is 58.3 Å². The van der Waals surface area contributed by atoms with Gasteiger partial charge in [0.05, 0.1) is 26.4 Å². The number of ether oxygens (including phenoxy) is 6. The summed E-state index contributed by atoms with van der Waals surface area (Å²) in [5.74, 6) is 0.607. The van der Waals surface area contributed by atoms with Crippen LogP contribution in [0.3, 0.4) is 0 Å². The zero-order valence-electron chi connectivity index (χ0n) is 15.8. The highest BCUT2D eigenvalue weighted by atomic mass is 16.7. The van der Waals surface area contributed by atoms with Crippen LogP contribution in [0.15, 0.2) is 24.3 Å². The molecule has 0 saturated carbocycles. The van der Waals surface area contributed by atoms with Gasteiger partial charge in [0.2, 0.25) is 0 Å². The first-order valence-electron chi connectivity index (χ1n) is 8.77. The summed E-state index contributed by atoms with van der Waals surface area (Å²) in [7, 11) is 3.37. The third kappa shape index (κ3) is 5.67. The molecule has 2 heterocycles. The number of fused-ring (bicyclic) bond motifs is 1. The summed E-state index contributed by atoms with van der Waals surface area (Å²) < 4.78 is 32.5. The van der Waals surface area contributed by atoms with Gasteiger partial charge in [-0.25, -0.2) is 0 Å². The van der Waals surface area contributed by atoms with Crippen LogP contribution in [-0.2, 0) is 28.5 Å². The molecule has 1 aromatic carbocycles. The van der Waals surface area contributed by atoms with Crippen LogP contribution in [0.1, 0.15) is 32.1 Å². The van der Waals surface area contributed by atoms with Gasteiger partial charge >= 0.3 is 5.97 Å². The van der Waals surface area contributed by atoms with E-state index >= 15 is 0 Å². The zero-order chi connectivity index (χ0) is 18.9. The topological polar surface area (TPSA) is 72.5 Å². The zero-order valence-corrected chi connectivity index (χ0v) is 15.8. The van der Waals surface area contributed by atoms with Gasteiger partial charge in [-0.3, -0.25) is 4.79 Å². The molecular formula is C19H28O7. The Kier molecular flexibility index (Phi) is 8.31. The van der Waals surface area contributed by atoms with Gasteiger partial charge < -0.3 is 28.4 Å². The van der Waals surface area contributed by atoms with E-state index in [1.807, 2.05) is 24.3 Å². The van der Waals surface area contributed by atoms with Crippen molar-refractivity contribution in [2.45, 2.75) is 44.9 Å². The lowest BCUT2D eigenvalue weighted by atomic mass is 10.0. The number of carbonyl (C=O) groups is 1. The Labute approximate surface area is 154 Å². The second-order valence-corrected chi connectivity index (χ2v) is 5.94. The molecule has 2 aliphatic rings. The van der Waals surface area contributed by atoms with Gasteiger partial charge in [-0.15, -0.1) is 0 Å². The van der Waals surface area contributed by atoms with E-state index in [-0.39, 0.29) is 30.6 Å². The van der Waals surface area contributed by atoms with Crippen LogP contribution >= 0.6 is 0 Å². The second-order valence-electron chi connectivity index (χ2n) is 5.94. The van der Waals surface area contributed by atoms with Crippen LogP contribution in [0.4, 0.5) is 0 Å². The highest BCUT2D eigenvalue weighted by Gasteiger charge is 2.41. The Morgan fingerprint density at radius 2 is 1.92 bits per heavy atom. The molecule has 0 spiro atoms. The molecular weight excluding hydrogens is 340 g/mol. The summed E-state index contributed by atoms with van der Waals surface area (Å²) in [5, 5.41) is 0. The Bertz CT molecular complexity index is 539. The van der Waals surface area contributed by atoms with Gasteiger partial charge in [-0.2, -0.15) is 0 Å². The normalized spacial score (nSPS) is 27.5. The summed E-state index contributed by atoms with van der Waals surface area (Å²) in [6.07, 6.45) is 0.435. The maximum Gasteiger partial charge on any atom is 0.302 e. The Morgan fingerprint density at radius 3 is 2.46 bits per heavy atom. The lowest BCUT2D eigenvalue weighted by Gasteiger charge is -2.42. The molecule has 0 bridgehead atoms. The first-order valence-corrected chi connectivity index (χ1v) is 8.77. The van der Waals surface area contributed by atoms with Crippen molar-refractivity contribution in [1.82, 2.24) is 0 Å². The molecule has 0 radical (unpaired) electrons. The number of hydrogen-bond donors (Lipinski definition) is 0. The van der Waals surface area contributed by atoms with Gasteiger partial charge in [0, 0.05) is 26.2 Å². The van der Waals surface area contributed by atoms with Gasteiger partial charge in [0.1, 0.15) is 18.0 Å². The van der Waals surface area contributed by atoms with Crippen LogP contribution in [0.2, 0.25) is 0 Å². The van der Waals surface area contributed by atoms with Crippen LogP contribution in [0.5, 0.6) is 5.75 Å². The number of hydrogen-bond acceptors (Lipinski definition) is 7. The van der Waals surface area contributed by atoms with Crippen molar-refractivity contribution in [2.75, 3.05) is 34.0 Å². The number of esters is 1. The van der Waals surface area contributed by atoms with E-state index in [0.29, 0.717) is 19.8 Å². The minimum Gasteiger partial charge on any atom is -0.497 e. The maximum atomic E-state index is 9.82. The van der Waals surface area contributed by atoms with E-state index in [1.165, 1.54) is 6.92 Å². The smallest absolute Gasteiger partial charge is 0.302 e. The third-order valence-electron chi connectivity index (χ3n) is 4.20. The van der Waals surface area contributed by atoms with Crippen molar-refractivity contribution in [3.63, 3.8) is 0 Å². The van der Waals surface area contributed by atoms with E-state index in [1.54, 1.807) is 21.1 Å². The summed E-state index contributed by atoms with van der Waals surface area (Å²) in [6.45, 7) is 4.88. The number of methoxy groups -OCH3 is 2. The van der Waals surface area contributed by atoms with Crippen molar-refractivity contribution >= 4 is 5.97 Å². The molecule has 1 unspecified atom stereocenters. The van der Waals surface area contributed by atoms with Crippen molar-refractivity contribution in [3.05, 3.63) is 29.8 Å². The van der Waals surface area contributed by atoms with E-state index in [0.717, 1.165) is 17.7 Å². The largest absolute Gasteiger partial charge is 0.497 e. The highest BCUT2D eigenvalue weighted by Crippen LogP contribution is 2.33. The quantitative estimate of drug-likeness (QED) is 0.756. The fraction of sp³-hybridized carbons (Fsp3) is 0.632. The molecule has 0 aromatic heterocycles. The minimum atomic E-state index is -0.374. The molecule has 146 valence electrons. The Hall–Kier alpha value is -1.67. The fourth-order valence-electron chi connectivity index (χ4n) is 2.91. The van der Waals surface area contributed by atoms with Gasteiger partial charge in [0.15, 0.2) is 6.29 Å². The van der Waals surface area contributed by atoms with Crippen molar-refractivity contribution in [2.24, 2.45) is 0 Å². The monoisotopic (exact) mass is 368 g/mol. The van der Waals surface area contributed by atoms with Crippen LogP contribution in [0, 0.1) is 0 Å². The van der Waals surface area contributed by atoms with Crippen molar-refractivity contribution < 1.29 is 33.2 Å². The number of benzene rings is 1. The van der Waals surface area contributed by atoms with Gasteiger partial charge in [0.25, 0.3) is 0 Å². The molecule has 0 amide bonds. The molecule has 2 saturated heterocycles. The summed E-state index contributed by atoms with van der Waals surface area (Å²) >= 11 is 0. The van der Waals surface area contributed by atoms with E-state index in [9.17, 15) is 4.79 Å². The summed E-state index contributed by atoms with van der Waals surface area (Å²) in [4.78, 5) is 9.82. The Balaban J connectivity index is 0.000000352. The molecule has 1 aromatic rings. The maximum absolute atomic E-state index is 9.82. The molecule has 3 rings (SSSR count).